The molecule has 2 saturated carbocycles. The predicted molar refractivity (Wildman–Crippen MR) is 111 cm³/mol. The zero-order valence-electron chi connectivity index (χ0n) is 16.0. The largest absolute Gasteiger partial charge is 0.376 e. The summed E-state index contributed by atoms with van der Waals surface area (Å²) in [6, 6.07) is 14.5. The van der Waals surface area contributed by atoms with Gasteiger partial charge in [-0.05, 0) is 49.9 Å². The van der Waals surface area contributed by atoms with Crippen LogP contribution in [0.1, 0.15) is 46.4 Å². The number of anilines is 2. The lowest BCUT2D eigenvalue weighted by Crippen LogP contribution is -2.29. The van der Waals surface area contributed by atoms with Gasteiger partial charge >= 0.3 is 0 Å². The number of para-hydroxylation sites is 2. The normalized spacial score (nSPS) is 15.3. The fourth-order valence-corrected chi connectivity index (χ4v) is 2.98. The van der Waals surface area contributed by atoms with Gasteiger partial charge in [-0.2, -0.15) is 0 Å². The molecule has 2 aromatic rings. The minimum Gasteiger partial charge on any atom is -0.376 e. The minimum absolute atomic E-state index is 0.0215. The summed E-state index contributed by atoms with van der Waals surface area (Å²) in [6.45, 7) is -0.0215. The van der Waals surface area contributed by atoms with E-state index in [1.165, 1.54) is 0 Å². The van der Waals surface area contributed by atoms with E-state index in [1.54, 1.807) is 42.5 Å². The van der Waals surface area contributed by atoms with Gasteiger partial charge in [0.1, 0.15) is 0 Å². The molecular weight excluding hydrogens is 368 g/mol. The second-order valence-electron chi connectivity index (χ2n) is 7.49. The third-order valence-corrected chi connectivity index (χ3v) is 4.88. The van der Waals surface area contributed by atoms with E-state index in [4.69, 9.17) is 0 Å². The van der Waals surface area contributed by atoms with Crippen LogP contribution in [0.25, 0.3) is 0 Å². The Bertz CT molecular complexity index is 935. The third-order valence-electron chi connectivity index (χ3n) is 4.88. The predicted octanol–water partition coefficient (Wildman–Crippen LogP) is 2.52. The highest BCUT2D eigenvalue weighted by Gasteiger charge is 2.26. The first-order valence-corrected chi connectivity index (χ1v) is 9.93. The summed E-state index contributed by atoms with van der Waals surface area (Å²) in [5.74, 6) is -0.620. The van der Waals surface area contributed by atoms with Gasteiger partial charge in [0.2, 0.25) is 5.91 Å². The molecule has 0 heterocycles. The summed E-state index contributed by atoms with van der Waals surface area (Å²) in [5, 5.41) is 11.7. The van der Waals surface area contributed by atoms with Crippen LogP contribution in [-0.2, 0) is 4.79 Å². The van der Waals surface area contributed by atoms with Crippen LogP contribution in [0, 0.1) is 0 Å². The molecule has 0 radical (unpaired) electrons. The van der Waals surface area contributed by atoms with Gasteiger partial charge in [0, 0.05) is 17.8 Å². The summed E-state index contributed by atoms with van der Waals surface area (Å²) in [4.78, 5) is 37.2. The number of carbonyl (C=O) groups excluding carboxylic acids is 3. The van der Waals surface area contributed by atoms with Crippen molar-refractivity contribution in [1.82, 2.24) is 10.6 Å². The summed E-state index contributed by atoms with van der Waals surface area (Å²) in [6.07, 6.45) is 4.02. The smallest absolute Gasteiger partial charge is 0.253 e. The zero-order chi connectivity index (χ0) is 20.2. The van der Waals surface area contributed by atoms with Crippen molar-refractivity contribution in [3.63, 3.8) is 0 Å². The van der Waals surface area contributed by atoms with Crippen molar-refractivity contribution in [3.05, 3.63) is 59.7 Å². The number of amides is 3. The van der Waals surface area contributed by atoms with E-state index in [9.17, 15) is 14.4 Å². The minimum atomic E-state index is -0.297. The Morgan fingerprint density at radius 2 is 1.21 bits per heavy atom. The van der Waals surface area contributed by atoms with Crippen molar-refractivity contribution in [1.29, 1.82) is 0 Å². The monoisotopic (exact) mass is 392 g/mol. The molecule has 0 bridgehead atoms. The average molecular weight is 392 g/mol. The Morgan fingerprint density at radius 3 is 1.76 bits per heavy atom. The van der Waals surface area contributed by atoms with Crippen LogP contribution in [0.2, 0.25) is 0 Å². The van der Waals surface area contributed by atoms with E-state index in [-0.39, 0.29) is 36.3 Å². The van der Waals surface area contributed by atoms with Gasteiger partial charge in [-0.3, -0.25) is 14.4 Å². The van der Waals surface area contributed by atoms with Gasteiger partial charge in [-0.25, -0.2) is 0 Å². The van der Waals surface area contributed by atoms with E-state index < -0.39 is 0 Å². The molecule has 0 unspecified atom stereocenters. The van der Waals surface area contributed by atoms with Crippen molar-refractivity contribution >= 4 is 29.1 Å². The van der Waals surface area contributed by atoms with E-state index in [0.29, 0.717) is 22.5 Å². The van der Waals surface area contributed by atoms with Gasteiger partial charge < -0.3 is 21.3 Å². The molecule has 2 fully saturated rings. The molecule has 2 aromatic carbocycles. The molecule has 0 aliphatic heterocycles. The van der Waals surface area contributed by atoms with Gasteiger partial charge in [0.15, 0.2) is 0 Å². The number of nitrogens with one attached hydrogen (secondary N) is 4. The first-order chi connectivity index (χ1) is 14.1. The highest BCUT2D eigenvalue weighted by molar-refractivity contribution is 6.05. The Kier molecular flexibility index (Phi) is 5.46. The molecule has 4 rings (SSSR count). The van der Waals surface area contributed by atoms with Crippen molar-refractivity contribution in [2.45, 2.75) is 37.8 Å². The fraction of sp³-hybridized carbons (Fsp3) is 0.318. The van der Waals surface area contributed by atoms with Crippen LogP contribution in [0.5, 0.6) is 0 Å². The highest BCUT2D eigenvalue weighted by Crippen LogP contribution is 2.23. The SMILES string of the molecule is O=C(CNc1ccccc1C(=O)NC1CC1)Nc1ccccc1C(=O)NC1CC1. The van der Waals surface area contributed by atoms with Crippen LogP contribution in [0.3, 0.4) is 0 Å². The summed E-state index contributed by atoms with van der Waals surface area (Å²) in [7, 11) is 0. The molecule has 2 aliphatic rings. The quantitative estimate of drug-likeness (QED) is 0.555. The maximum absolute atomic E-state index is 12.5. The maximum atomic E-state index is 12.5. The molecule has 7 heteroatoms. The van der Waals surface area contributed by atoms with Crippen LogP contribution >= 0.6 is 0 Å². The standard InChI is InChI=1S/C22H24N4O3/c27-20(26-19-8-4-2-6-17(19)22(29)25-15-11-12-15)13-23-18-7-3-1-5-16(18)21(28)24-14-9-10-14/h1-8,14-15,23H,9-13H2,(H,24,28)(H,25,29)(H,26,27). The van der Waals surface area contributed by atoms with Crippen molar-refractivity contribution < 1.29 is 14.4 Å². The first kappa shape index (κ1) is 19.0. The lowest BCUT2D eigenvalue weighted by Gasteiger charge is -2.14. The molecule has 4 N–H and O–H groups in total. The molecule has 2 aliphatic carbocycles. The van der Waals surface area contributed by atoms with Crippen LogP contribution in [0.15, 0.2) is 48.5 Å². The summed E-state index contributed by atoms with van der Waals surface area (Å²) >= 11 is 0. The van der Waals surface area contributed by atoms with Crippen LogP contribution in [0.4, 0.5) is 11.4 Å². The topological polar surface area (TPSA) is 99.3 Å². The van der Waals surface area contributed by atoms with Crippen LogP contribution < -0.4 is 21.3 Å². The van der Waals surface area contributed by atoms with Crippen molar-refractivity contribution in [2.24, 2.45) is 0 Å². The number of hydrogen-bond acceptors (Lipinski definition) is 4. The van der Waals surface area contributed by atoms with Crippen LogP contribution in [-0.4, -0.2) is 36.3 Å². The molecule has 29 heavy (non-hydrogen) atoms. The van der Waals surface area contributed by atoms with Gasteiger partial charge in [-0.15, -0.1) is 0 Å². The molecule has 0 aromatic heterocycles. The number of rotatable bonds is 8. The second-order valence-corrected chi connectivity index (χ2v) is 7.49. The van der Waals surface area contributed by atoms with Gasteiger partial charge in [0.05, 0.1) is 23.4 Å². The molecule has 0 atom stereocenters. The fourth-order valence-electron chi connectivity index (χ4n) is 2.98. The Morgan fingerprint density at radius 1 is 0.724 bits per heavy atom. The molecule has 7 nitrogen and oxygen atoms in total. The Balaban J connectivity index is 1.37. The zero-order valence-corrected chi connectivity index (χ0v) is 16.0. The molecule has 150 valence electrons. The lowest BCUT2D eigenvalue weighted by molar-refractivity contribution is -0.114. The van der Waals surface area contributed by atoms with E-state index in [2.05, 4.69) is 21.3 Å². The number of hydrogen-bond donors (Lipinski definition) is 4. The summed E-state index contributed by atoms with van der Waals surface area (Å²) in [5.41, 5.74) is 2.02. The molecule has 0 saturated heterocycles. The molecule has 3 amide bonds. The second kappa shape index (κ2) is 8.34. The van der Waals surface area contributed by atoms with E-state index in [0.717, 1.165) is 25.7 Å². The Hall–Kier alpha value is -3.35. The maximum Gasteiger partial charge on any atom is 0.253 e. The average Bonchev–Trinajstić information content (AvgIpc) is 3.64. The third kappa shape index (κ3) is 5.13. The molecular formula is C22H24N4O3. The summed E-state index contributed by atoms with van der Waals surface area (Å²) < 4.78 is 0. The number of benzene rings is 2. The molecule has 0 spiro atoms. The van der Waals surface area contributed by atoms with E-state index in [1.807, 2.05) is 6.07 Å². The lowest BCUT2D eigenvalue weighted by atomic mass is 10.1. The highest BCUT2D eigenvalue weighted by atomic mass is 16.2. The van der Waals surface area contributed by atoms with Crippen molar-refractivity contribution in [2.75, 3.05) is 17.2 Å². The van der Waals surface area contributed by atoms with Crippen molar-refractivity contribution in [3.8, 4) is 0 Å². The van der Waals surface area contributed by atoms with Gasteiger partial charge in [0.25, 0.3) is 11.8 Å². The first-order valence-electron chi connectivity index (χ1n) is 9.93. The van der Waals surface area contributed by atoms with E-state index >= 15 is 0 Å². The van der Waals surface area contributed by atoms with Gasteiger partial charge in [-0.1, -0.05) is 24.3 Å². The number of carbonyl (C=O) groups is 3. The Labute approximate surface area is 169 Å².